The lowest BCUT2D eigenvalue weighted by molar-refractivity contribution is 0.0694. The molecule has 0 atom stereocenters. The Morgan fingerprint density at radius 2 is 2.10 bits per heavy atom. The Morgan fingerprint density at radius 1 is 1.35 bits per heavy atom. The van der Waals surface area contributed by atoms with Crippen LogP contribution >= 0.6 is 0 Å². The number of rotatable bonds is 4. The molecule has 0 unspecified atom stereocenters. The molecule has 4 nitrogen and oxygen atoms in total. The van der Waals surface area contributed by atoms with Crippen LogP contribution in [0, 0.1) is 5.82 Å². The minimum Gasteiger partial charge on any atom is -0.478 e. The quantitative estimate of drug-likeness (QED) is 0.929. The largest absolute Gasteiger partial charge is 0.478 e. The lowest BCUT2D eigenvalue weighted by Crippen LogP contribution is -2.09. The van der Waals surface area contributed by atoms with Gasteiger partial charge < -0.3 is 5.11 Å². The molecule has 1 aliphatic carbocycles. The number of carbonyl (C=O) groups is 1. The van der Waals surface area contributed by atoms with Gasteiger partial charge in [0, 0.05) is 18.5 Å². The Hall–Kier alpha value is -2.30. The smallest absolute Gasteiger partial charge is 0.339 e. The third-order valence-electron chi connectivity index (χ3n) is 3.37. The van der Waals surface area contributed by atoms with Crippen molar-refractivity contribution in [3.05, 3.63) is 58.9 Å². The molecule has 2 aromatic rings. The summed E-state index contributed by atoms with van der Waals surface area (Å²) in [5, 5.41) is 9.13. The van der Waals surface area contributed by atoms with Crippen LogP contribution in [0.1, 0.15) is 46.2 Å². The lowest BCUT2D eigenvalue weighted by Gasteiger charge is -2.07. The van der Waals surface area contributed by atoms with Gasteiger partial charge in [-0.3, -0.25) is 0 Å². The number of benzene rings is 1. The average Bonchev–Trinajstić information content (AvgIpc) is 3.25. The van der Waals surface area contributed by atoms with Crippen LogP contribution < -0.4 is 0 Å². The molecular formula is C15H13FN2O2. The summed E-state index contributed by atoms with van der Waals surface area (Å²) in [4.78, 5) is 19.5. The van der Waals surface area contributed by atoms with Crippen molar-refractivity contribution < 1.29 is 14.3 Å². The summed E-state index contributed by atoms with van der Waals surface area (Å²) in [7, 11) is 0. The zero-order valence-electron chi connectivity index (χ0n) is 10.7. The van der Waals surface area contributed by atoms with E-state index in [1.165, 1.54) is 12.3 Å². The molecule has 20 heavy (non-hydrogen) atoms. The number of nitrogens with zero attached hydrogens (tertiary/aromatic N) is 2. The van der Waals surface area contributed by atoms with Crippen molar-refractivity contribution in [1.29, 1.82) is 0 Å². The van der Waals surface area contributed by atoms with Crippen molar-refractivity contribution in [2.45, 2.75) is 25.2 Å². The highest BCUT2D eigenvalue weighted by Gasteiger charge is 2.30. The fourth-order valence-corrected chi connectivity index (χ4v) is 2.16. The summed E-state index contributed by atoms with van der Waals surface area (Å²) in [6.45, 7) is 0. The maximum absolute atomic E-state index is 13.6. The van der Waals surface area contributed by atoms with Gasteiger partial charge in [0.05, 0.1) is 11.3 Å². The van der Waals surface area contributed by atoms with E-state index in [4.69, 9.17) is 5.11 Å². The molecule has 1 aromatic carbocycles. The fourth-order valence-electron chi connectivity index (χ4n) is 2.16. The maximum atomic E-state index is 13.6. The van der Waals surface area contributed by atoms with Crippen molar-refractivity contribution in [1.82, 2.24) is 9.97 Å². The number of halogens is 1. The Labute approximate surface area is 115 Å². The average molecular weight is 272 g/mol. The van der Waals surface area contributed by atoms with Crippen molar-refractivity contribution in [2.24, 2.45) is 0 Å². The summed E-state index contributed by atoms with van der Waals surface area (Å²) in [6.07, 6.45) is 3.51. The van der Waals surface area contributed by atoms with E-state index in [1.807, 2.05) is 0 Å². The molecule has 3 rings (SSSR count). The first-order valence-electron chi connectivity index (χ1n) is 6.47. The van der Waals surface area contributed by atoms with Gasteiger partial charge in [0.2, 0.25) is 0 Å². The number of carboxylic acids is 1. The summed E-state index contributed by atoms with van der Waals surface area (Å²) < 4.78 is 13.6. The predicted octanol–water partition coefficient (Wildman–Crippen LogP) is 2.78. The summed E-state index contributed by atoms with van der Waals surface area (Å²) in [5.41, 5.74) is 1.25. The first kappa shape index (κ1) is 12.7. The van der Waals surface area contributed by atoms with Crippen LogP contribution in [0.15, 0.2) is 30.5 Å². The SMILES string of the molecule is O=C(O)c1cnc(Cc2ccccc2F)nc1C1CC1. The Balaban J connectivity index is 1.93. The molecule has 0 aliphatic heterocycles. The van der Waals surface area contributed by atoms with E-state index in [9.17, 15) is 9.18 Å². The van der Waals surface area contributed by atoms with Crippen molar-refractivity contribution in [3.8, 4) is 0 Å². The van der Waals surface area contributed by atoms with Crippen molar-refractivity contribution >= 4 is 5.97 Å². The first-order chi connectivity index (χ1) is 9.65. The van der Waals surface area contributed by atoms with Crippen LogP contribution in [0.4, 0.5) is 4.39 Å². The minimum absolute atomic E-state index is 0.157. The molecule has 0 saturated heterocycles. The molecular weight excluding hydrogens is 259 g/mol. The van der Waals surface area contributed by atoms with Crippen molar-refractivity contribution in [3.63, 3.8) is 0 Å². The molecule has 1 aliphatic rings. The monoisotopic (exact) mass is 272 g/mol. The summed E-state index contributed by atoms with van der Waals surface area (Å²) in [6, 6.07) is 6.46. The van der Waals surface area contributed by atoms with E-state index in [0.717, 1.165) is 12.8 Å². The van der Waals surface area contributed by atoms with E-state index in [1.54, 1.807) is 18.2 Å². The molecule has 0 bridgehead atoms. The Bertz CT molecular complexity index is 669. The van der Waals surface area contributed by atoms with Gasteiger partial charge >= 0.3 is 5.97 Å². The Morgan fingerprint density at radius 3 is 2.75 bits per heavy atom. The van der Waals surface area contributed by atoms with Gasteiger partial charge in [0.25, 0.3) is 0 Å². The zero-order valence-corrected chi connectivity index (χ0v) is 10.7. The molecule has 0 spiro atoms. The predicted molar refractivity (Wildman–Crippen MR) is 70.2 cm³/mol. The van der Waals surface area contributed by atoms with E-state index < -0.39 is 5.97 Å². The molecule has 0 amide bonds. The molecule has 0 radical (unpaired) electrons. The van der Waals surface area contributed by atoms with Crippen LogP contribution in [-0.2, 0) is 6.42 Å². The van der Waals surface area contributed by atoms with Crippen LogP contribution in [0.3, 0.4) is 0 Å². The van der Waals surface area contributed by atoms with Crippen LogP contribution in [0.5, 0.6) is 0 Å². The molecule has 102 valence electrons. The second-order valence-electron chi connectivity index (χ2n) is 4.93. The molecule has 1 fully saturated rings. The standard InChI is InChI=1S/C15H13FN2O2/c16-12-4-2-1-3-10(12)7-13-17-8-11(15(19)20)14(18-13)9-5-6-9/h1-4,8-9H,5-7H2,(H,19,20). The minimum atomic E-state index is -1.01. The number of aromatic carboxylic acids is 1. The summed E-state index contributed by atoms with van der Waals surface area (Å²) >= 11 is 0. The molecule has 1 N–H and O–H groups in total. The van der Waals surface area contributed by atoms with Crippen LogP contribution in [-0.4, -0.2) is 21.0 Å². The number of hydrogen-bond donors (Lipinski definition) is 1. The zero-order chi connectivity index (χ0) is 14.1. The van der Waals surface area contributed by atoms with E-state index in [0.29, 0.717) is 17.1 Å². The van der Waals surface area contributed by atoms with Gasteiger partial charge in [-0.2, -0.15) is 0 Å². The molecule has 1 heterocycles. The normalized spacial score (nSPS) is 14.2. The third-order valence-corrected chi connectivity index (χ3v) is 3.37. The van der Waals surface area contributed by atoms with Crippen LogP contribution in [0.25, 0.3) is 0 Å². The third kappa shape index (κ3) is 2.52. The maximum Gasteiger partial charge on any atom is 0.339 e. The van der Waals surface area contributed by atoms with Gasteiger partial charge in [-0.1, -0.05) is 18.2 Å². The first-order valence-corrected chi connectivity index (χ1v) is 6.47. The van der Waals surface area contributed by atoms with E-state index in [-0.39, 0.29) is 23.7 Å². The molecule has 1 aromatic heterocycles. The number of carboxylic acid groups (broad SMARTS) is 1. The fraction of sp³-hybridized carbons (Fsp3) is 0.267. The van der Waals surface area contributed by atoms with Gasteiger partial charge in [0.1, 0.15) is 11.6 Å². The van der Waals surface area contributed by atoms with Crippen molar-refractivity contribution in [2.75, 3.05) is 0 Å². The lowest BCUT2D eigenvalue weighted by atomic mass is 10.1. The van der Waals surface area contributed by atoms with Gasteiger partial charge in [-0.15, -0.1) is 0 Å². The van der Waals surface area contributed by atoms with Gasteiger partial charge in [0.15, 0.2) is 0 Å². The summed E-state index contributed by atoms with van der Waals surface area (Å²) in [5.74, 6) is -0.638. The van der Waals surface area contributed by atoms with E-state index in [2.05, 4.69) is 9.97 Å². The van der Waals surface area contributed by atoms with Crippen LogP contribution in [0.2, 0.25) is 0 Å². The van der Waals surface area contributed by atoms with Gasteiger partial charge in [-0.25, -0.2) is 19.2 Å². The Kier molecular flexibility index (Phi) is 3.18. The van der Waals surface area contributed by atoms with Gasteiger partial charge in [-0.05, 0) is 24.5 Å². The highest BCUT2D eigenvalue weighted by Crippen LogP contribution is 2.40. The topological polar surface area (TPSA) is 63.1 Å². The highest BCUT2D eigenvalue weighted by atomic mass is 19.1. The second kappa shape index (κ2) is 5.00. The molecule has 1 saturated carbocycles. The second-order valence-corrected chi connectivity index (χ2v) is 4.93. The molecule has 5 heteroatoms. The highest BCUT2D eigenvalue weighted by molar-refractivity contribution is 5.88. The number of aromatic nitrogens is 2. The number of hydrogen-bond acceptors (Lipinski definition) is 3. The van der Waals surface area contributed by atoms with E-state index >= 15 is 0 Å².